The van der Waals surface area contributed by atoms with E-state index >= 15 is 0 Å². The fraction of sp³-hybridized carbons (Fsp3) is 0.917. The largest absolute Gasteiger partial charge is 0.462 e. The Balaban J connectivity index is 4.14. The van der Waals surface area contributed by atoms with Gasteiger partial charge in [0.05, 0.1) is 6.61 Å². The molecule has 0 fully saturated rings. The van der Waals surface area contributed by atoms with Crippen LogP contribution in [0.5, 0.6) is 0 Å². The van der Waals surface area contributed by atoms with E-state index in [0.717, 1.165) is 12.8 Å². The molecule has 0 aromatic carbocycles. The Morgan fingerprint density at radius 2 is 1.70 bits per heavy atom. The number of aliphatic hydroxyl groups is 5. The van der Waals surface area contributed by atoms with Crippen molar-refractivity contribution in [1.82, 2.24) is 0 Å². The lowest BCUT2D eigenvalue weighted by Crippen LogP contribution is -2.48. The normalized spacial score (nSPS) is 18.9. The molecule has 1 unspecified atom stereocenters. The predicted octanol–water partition coefficient (Wildman–Crippen LogP) is -2.52. The molecular formula is C12H25NO7. The summed E-state index contributed by atoms with van der Waals surface area (Å²) in [4.78, 5) is 11.4. The van der Waals surface area contributed by atoms with Crippen molar-refractivity contribution in [3.05, 3.63) is 0 Å². The lowest BCUT2D eigenvalue weighted by molar-refractivity contribution is -0.157. The molecule has 0 bridgehead atoms. The van der Waals surface area contributed by atoms with E-state index in [2.05, 4.69) is 0 Å². The number of rotatable bonds is 10. The van der Waals surface area contributed by atoms with E-state index < -0.39 is 49.6 Å². The molecule has 8 nitrogen and oxygen atoms in total. The molecule has 7 N–H and O–H groups in total. The Hall–Kier alpha value is -0.770. The average molecular weight is 295 g/mol. The molecule has 0 aliphatic heterocycles. The smallest absolute Gasteiger partial charge is 0.323 e. The van der Waals surface area contributed by atoms with E-state index in [1.807, 2.05) is 6.92 Å². The second-order valence-corrected chi connectivity index (χ2v) is 4.68. The van der Waals surface area contributed by atoms with Crippen LogP contribution in [-0.2, 0) is 9.53 Å². The summed E-state index contributed by atoms with van der Waals surface area (Å²) in [5, 5.41) is 46.1. The monoisotopic (exact) mass is 295 g/mol. The number of carbonyl (C=O) groups is 1. The lowest BCUT2D eigenvalue weighted by Gasteiger charge is -2.25. The highest BCUT2D eigenvalue weighted by Gasteiger charge is 2.31. The first-order chi connectivity index (χ1) is 9.34. The first-order valence-electron chi connectivity index (χ1n) is 6.60. The maximum Gasteiger partial charge on any atom is 0.323 e. The van der Waals surface area contributed by atoms with Crippen LogP contribution in [0.2, 0.25) is 0 Å². The number of aliphatic hydroxyl groups excluding tert-OH is 5. The minimum atomic E-state index is -1.75. The maximum absolute atomic E-state index is 11.4. The zero-order chi connectivity index (χ0) is 15.7. The van der Waals surface area contributed by atoms with Crippen LogP contribution in [-0.4, -0.2) is 75.2 Å². The molecule has 0 rings (SSSR count). The van der Waals surface area contributed by atoms with Crippen LogP contribution in [0.4, 0.5) is 0 Å². The van der Waals surface area contributed by atoms with Crippen molar-refractivity contribution in [3.63, 3.8) is 0 Å². The zero-order valence-electron chi connectivity index (χ0n) is 11.6. The highest BCUT2D eigenvalue weighted by Crippen LogP contribution is 2.07. The summed E-state index contributed by atoms with van der Waals surface area (Å²) in [6, 6.07) is -0.799. The number of ether oxygens (including phenoxy) is 1. The summed E-state index contributed by atoms with van der Waals surface area (Å²) in [5.41, 5.74) is 5.55. The van der Waals surface area contributed by atoms with Crippen molar-refractivity contribution in [2.24, 2.45) is 5.73 Å². The van der Waals surface area contributed by atoms with E-state index in [1.165, 1.54) is 0 Å². The van der Waals surface area contributed by atoms with Crippen LogP contribution >= 0.6 is 0 Å². The molecule has 0 aliphatic rings. The highest BCUT2D eigenvalue weighted by atomic mass is 16.5. The molecule has 0 aliphatic carbocycles. The van der Waals surface area contributed by atoms with Gasteiger partial charge in [0, 0.05) is 0 Å². The van der Waals surface area contributed by atoms with Crippen molar-refractivity contribution in [1.29, 1.82) is 0 Å². The van der Waals surface area contributed by atoms with Crippen LogP contribution < -0.4 is 5.73 Å². The van der Waals surface area contributed by atoms with Gasteiger partial charge in [0.2, 0.25) is 0 Å². The van der Waals surface area contributed by atoms with Gasteiger partial charge in [-0.1, -0.05) is 19.8 Å². The minimum Gasteiger partial charge on any atom is -0.462 e. The van der Waals surface area contributed by atoms with Crippen molar-refractivity contribution in [3.8, 4) is 0 Å². The van der Waals surface area contributed by atoms with Crippen LogP contribution in [0.25, 0.3) is 0 Å². The Morgan fingerprint density at radius 3 is 2.20 bits per heavy atom. The van der Waals surface area contributed by atoms with Gasteiger partial charge >= 0.3 is 5.97 Å². The van der Waals surface area contributed by atoms with Gasteiger partial charge in [-0.3, -0.25) is 4.79 Å². The Bertz CT molecular complexity index is 277. The molecule has 0 aromatic rings. The molecule has 5 atom stereocenters. The predicted molar refractivity (Wildman–Crippen MR) is 69.6 cm³/mol. The van der Waals surface area contributed by atoms with Crippen LogP contribution in [0.1, 0.15) is 26.2 Å². The second kappa shape index (κ2) is 10.0. The van der Waals surface area contributed by atoms with Crippen LogP contribution in [0, 0.1) is 0 Å². The Morgan fingerprint density at radius 1 is 1.15 bits per heavy atom. The summed E-state index contributed by atoms with van der Waals surface area (Å²) >= 11 is 0. The van der Waals surface area contributed by atoms with Gasteiger partial charge in [-0.2, -0.15) is 0 Å². The lowest BCUT2D eigenvalue weighted by atomic mass is 10.0. The molecule has 0 amide bonds. The minimum absolute atomic E-state index is 0.458. The Labute approximate surface area is 117 Å². The van der Waals surface area contributed by atoms with E-state index in [0.29, 0.717) is 6.42 Å². The van der Waals surface area contributed by atoms with E-state index in [1.54, 1.807) is 0 Å². The number of hydrogen-bond acceptors (Lipinski definition) is 8. The Kier molecular flexibility index (Phi) is 9.64. The maximum atomic E-state index is 11.4. The molecule has 0 saturated heterocycles. The molecular weight excluding hydrogens is 270 g/mol. The first kappa shape index (κ1) is 19.2. The number of nitrogens with two attached hydrogens (primary N) is 1. The third kappa shape index (κ3) is 6.60. The van der Waals surface area contributed by atoms with Crippen LogP contribution in [0.15, 0.2) is 0 Å². The molecule has 0 radical (unpaired) electrons. The number of hydrogen-bond donors (Lipinski definition) is 6. The number of carbonyl (C=O) groups excluding carboxylic acids is 1. The van der Waals surface area contributed by atoms with E-state index in [4.69, 9.17) is 20.7 Å². The summed E-state index contributed by atoms with van der Waals surface area (Å²) in [6.07, 6.45) is -4.58. The number of unbranched alkanes of at least 4 members (excludes halogenated alkanes) is 1. The standard InChI is InChI=1S/C12H25NO7/c1-2-3-4-7(13)12(19)20-6-9(16)11(18)10(17)8(15)5-14/h7-11,14-18H,2-6,13H2,1H3/t7?,8-,9-,10-,11-/m1/s1. The van der Waals surface area contributed by atoms with Gasteiger partial charge in [0.25, 0.3) is 0 Å². The highest BCUT2D eigenvalue weighted by molar-refractivity contribution is 5.75. The second-order valence-electron chi connectivity index (χ2n) is 4.68. The third-order valence-corrected chi connectivity index (χ3v) is 2.89. The number of esters is 1. The SMILES string of the molecule is CCCCC(N)C(=O)OC[C@@H](O)[C@@H](O)[C@H](O)[C@H](O)CO. The third-order valence-electron chi connectivity index (χ3n) is 2.89. The summed E-state index contributed by atoms with van der Waals surface area (Å²) in [6.45, 7) is 0.619. The average Bonchev–Trinajstić information content (AvgIpc) is 2.46. The van der Waals surface area contributed by atoms with Gasteiger partial charge in [0.15, 0.2) is 0 Å². The van der Waals surface area contributed by atoms with Crippen molar-refractivity contribution in [2.75, 3.05) is 13.2 Å². The fourth-order valence-corrected chi connectivity index (χ4v) is 1.48. The van der Waals surface area contributed by atoms with Gasteiger partial charge < -0.3 is 36.0 Å². The fourth-order valence-electron chi connectivity index (χ4n) is 1.48. The molecule has 0 aromatic heterocycles. The summed E-state index contributed by atoms with van der Waals surface area (Å²) in [7, 11) is 0. The topological polar surface area (TPSA) is 153 Å². The van der Waals surface area contributed by atoms with E-state index in [9.17, 15) is 20.1 Å². The quantitative estimate of drug-likeness (QED) is 0.241. The van der Waals surface area contributed by atoms with Gasteiger partial charge in [-0.25, -0.2) is 0 Å². The van der Waals surface area contributed by atoms with Gasteiger partial charge in [-0.15, -0.1) is 0 Å². The van der Waals surface area contributed by atoms with Crippen molar-refractivity contribution in [2.45, 2.75) is 56.6 Å². The van der Waals surface area contributed by atoms with Crippen LogP contribution in [0.3, 0.4) is 0 Å². The molecule has 0 spiro atoms. The van der Waals surface area contributed by atoms with Gasteiger partial charge in [0.1, 0.15) is 37.1 Å². The van der Waals surface area contributed by atoms with Gasteiger partial charge in [-0.05, 0) is 6.42 Å². The molecule has 20 heavy (non-hydrogen) atoms. The van der Waals surface area contributed by atoms with E-state index in [-0.39, 0.29) is 0 Å². The molecule has 0 saturated carbocycles. The molecule has 0 heterocycles. The summed E-state index contributed by atoms with van der Waals surface area (Å²) < 4.78 is 4.72. The molecule has 8 heteroatoms. The zero-order valence-corrected chi connectivity index (χ0v) is 11.6. The van der Waals surface area contributed by atoms with Crippen molar-refractivity contribution >= 4 is 5.97 Å². The molecule has 120 valence electrons. The first-order valence-corrected chi connectivity index (χ1v) is 6.60. The van der Waals surface area contributed by atoms with Crippen molar-refractivity contribution < 1.29 is 35.1 Å². The summed E-state index contributed by atoms with van der Waals surface area (Å²) in [5.74, 6) is -0.707.